The van der Waals surface area contributed by atoms with Crippen molar-refractivity contribution in [3.05, 3.63) is 34.2 Å². The molecule has 170 valence electrons. The number of hydrogen-bond acceptors (Lipinski definition) is 6. The van der Waals surface area contributed by atoms with E-state index in [0.717, 1.165) is 36.8 Å². The molecule has 1 atom stereocenters. The van der Waals surface area contributed by atoms with Gasteiger partial charge in [0.2, 0.25) is 11.8 Å². The van der Waals surface area contributed by atoms with Gasteiger partial charge in [-0.1, -0.05) is 6.07 Å². The number of ether oxygens (including phenoxy) is 2. The summed E-state index contributed by atoms with van der Waals surface area (Å²) in [4.78, 5) is 36.5. The van der Waals surface area contributed by atoms with Crippen molar-refractivity contribution in [1.29, 1.82) is 0 Å². The van der Waals surface area contributed by atoms with Crippen molar-refractivity contribution in [3.8, 4) is 0 Å². The number of nitrogens with one attached hydrogen (secondary N) is 1. The van der Waals surface area contributed by atoms with Crippen LogP contribution < -0.4 is 16.7 Å². The van der Waals surface area contributed by atoms with Crippen LogP contribution in [-0.4, -0.2) is 53.9 Å². The van der Waals surface area contributed by atoms with E-state index in [1.165, 1.54) is 4.57 Å². The maximum absolute atomic E-state index is 12.8. The zero-order valence-electron chi connectivity index (χ0n) is 18.1. The van der Waals surface area contributed by atoms with Gasteiger partial charge in [0.1, 0.15) is 6.04 Å². The topological polar surface area (TPSA) is 118 Å². The number of hydrogen-bond donors (Lipinski definition) is 2. The number of carbonyl (C=O) groups is 2. The molecule has 2 amide bonds. The molecule has 1 saturated heterocycles. The predicted octanol–water partition coefficient (Wildman–Crippen LogP) is 1.02. The first-order valence-corrected chi connectivity index (χ1v) is 10.9. The summed E-state index contributed by atoms with van der Waals surface area (Å²) in [6, 6.07) is 5.20. The number of benzene rings is 1. The molecule has 0 bridgehead atoms. The number of imidazole rings is 1. The van der Waals surface area contributed by atoms with Gasteiger partial charge in [-0.2, -0.15) is 0 Å². The molecule has 1 aliphatic rings. The fourth-order valence-electron chi connectivity index (χ4n) is 3.83. The molecule has 1 aromatic carbocycles. The molecular weight excluding hydrogens is 400 g/mol. The Hall–Kier alpha value is -2.49. The highest BCUT2D eigenvalue weighted by Gasteiger charge is 2.31. The lowest BCUT2D eigenvalue weighted by Gasteiger charge is -2.21. The molecule has 9 nitrogen and oxygen atoms in total. The second kappa shape index (κ2) is 11.2. The number of piperidine rings is 1. The Morgan fingerprint density at radius 2 is 1.74 bits per heavy atom. The van der Waals surface area contributed by atoms with E-state index in [2.05, 4.69) is 5.32 Å². The van der Waals surface area contributed by atoms with E-state index >= 15 is 0 Å². The number of nitrogens with zero attached hydrogens (tertiary/aromatic N) is 2. The fraction of sp³-hybridized carbons (Fsp3) is 0.591. The first-order chi connectivity index (χ1) is 15.0. The predicted molar refractivity (Wildman–Crippen MR) is 117 cm³/mol. The smallest absolute Gasteiger partial charge is 0.329 e. The molecule has 2 aromatic rings. The van der Waals surface area contributed by atoms with Gasteiger partial charge in [0.25, 0.3) is 0 Å². The van der Waals surface area contributed by atoms with E-state index in [0.29, 0.717) is 44.9 Å². The minimum absolute atomic E-state index is 0.233. The number of aryl methyl sites for hydroxylation is 2. The number of imide groups is 1. The Morgan fingerprint density at radius 1 is 1.03 bits per heavy atom. The van der Waals surface area contributed by atoms with E-state index in [4.69, 9.17) is 15.2 Å². The van der Waals surface area contributed by atoms with Crippen molar-refractivity contribution in [2.24, 2.45) is 12.8 Å². The van der Waals surface area contributed by atoms with E-state index in [1.807, 2.05) is 18.2 Å². The first kappa shape index (κ1) is 23.2. The normalized spacial score (nSPS) is 16.8. The third-order valence-corrected chi connectivity index (χ3v) is 5.50. The number of amides is 2. The van der Waals surface area contributed by atoms with E-state index < -0.39 is 11.9 Å². The Balaban J connectivity index is 1.54. The zero-order valence-corrected chi connectivity index (χ0v) is 18.1. The van der Waals surface area contributed by atoms with Crippen molar-refractivity contribution in [2.75, 3.05) is 33.0 Å². The van der Waals surface area contributed by atoms with Gasteiger partial charge in [-0.3, -0.25) is 24.0 Å². The van der Waals surface area contributed by atoms with Crippen LogP contribution in [0.2, 0.25) is 0 Å². The molecule has 31 heavy (non-hydrogen) atoms. The minimum Gasteiger partial charge on any atom is -0.381 e. The minimum atomic E-state index is -0.660. The largest absolute Gasteiger partial charge is 0.381 e. The molecule has 9 heteroatoms. The summed E-state index contributed by atoms with van der Waals surface area (Å²) in [6.45, 7) is 3.38. The highest BCUT2D eigenvalue weighted by Crippen LogP contribution is 2.24. The fourth-order valence-corrected chi connectivity index (χ4v) is 3.83. The highest BCUT2D eigenvalue weighted by atomic mass is 16.5. The van der Waals surface area contributed by atoms with Crippen LogP contribution in [0.1, 0.15) is 43.7 Å². The lowest BCUT2D eigenvalue weighted by molar-refractivity contribution is -0.135. The van der Waals surface area contributed by atoms with Crippen LogP contribution in [0.5, 0.6) is 0 Å². The molecule has 1 fully saturated rings. The quantitative estimate of drug-likeness (QED) is 0.382. The van der Waals surface area contributed by atoms with Crippen molar-refractivity contribution in [3.63, 3.8) is 0 Å². The summed E-state index contributed by atoms with van der Waals surface area (Å²) in [5.41, 5.74) is 7.76. The maximum Gasteiger partial charge on any atom is 0.329 e. The molecule has 3 N–H and O–H groups in total. The van der Waals surface area contributed by atoms with Crippen molar-refractivity contribution in [1.82, 2.24) is 14.5 Å². The summed E-state index contributed by atoms with van der Waals surface area (Å²) in [6.07, 6.45) is 4.03. The van der Waals surface area contributed by atoms with Crippen LogP contribution in [-0.2, 0) is 32.5 Å². The number of rotatable bonds is 12. The summed E-state index contributed by atoms with van der Waals surface area (Å²) < 4.78 is 14.2. The Kier molecular flexibility index (Phi) is 8.39. The average Bonchev–Trinajstić information content (AvgIpc) is 3.00. The average molecular weight is 433 g/mol. The molecule has 0 aliphatic carbocycles. The van der Waals surface area contributed by atoms with Gasteiger partial charge < -0.3 is 15.2 Å². The Bertz CT molecular complexity index is 965. The molecule has 1 aromatic heterocycles. The van der Waals surface area contributed by atoms with Crippen LogP contribution in [0, 0.1) is 0 Å². The number of nitrogens with two attached hydrogens (primary N) is 1. The first-order valence-electron chi connectivity index (χ1n) is 10.9. The Morgan fingerprint density at radius 3 is 2.45 bits per heavy atom. The van der Waals surface area contributed by atoms with Crippen molar-refractivity contribution < 1.29 is 19.1 Å². The number of aromatic nitrogens is 2. The second-order valence-electron chi connectivity index (χ2n) is 7.83. The molecule has 1 aliphatic heterocycles. The van der Waals surface area contributed by atoms with Crippen LogP contribution in [0.15, 0.2) is 23.0 Å². The van der Waals surface area contributed by atoms with Gasteiger partial charge in [0.05, 0.1) is 11.0 Å². The maximum atomic E-state index is 12.8. The standard InChI is InChI=1S/C22H32N4O5/c1-25-19-15-16(5-2-11-30-13-4-14-31-12-3-10-23)6-7-17(19)26(22(25)29)18-8-9-20(27)24-21(18)28/h6-7,15,18H,2-5,8-14,23H2,1H3,(H,24,27,28). The van der Waals surface area contributed by atoms with Crippen LogP contribution in [0.25, 0.3) is 11.0 Å². The van der Waals surface area contributed by atoms with Gasteiger partial charge in [-0.15, -0.1) is 0 Å². The van der Waals surface area contributed by atoms with Gasteiger partial charge in [0, 0.05) is 39.9 Å². The van der Waals surface area contributed by atoms with E-state index in [9.17, 15) is 14.4 Å². The van der Waals surface area contributed by atoms with Crippen LogP contribution in [0.3, 0.4) is 0 Å². The van der Waals surface area contributed by atoms with Gasteiger partial charge >= 0.3 is 5.69 Å². The number of carbonyl (C=O) groups excluding carboxylic acids is 2. The molecule has 3 rings (SSSR count). The van der Waals surface area contributed by atoms with Crippen molar-refractivity contribution in [2.45, 2.75) is 44.6 Å². The summed E-state index contributed by atoms with van der Waals surface area (Å²) in [5, 5.41) is 2.33. The molecule has 0 radical (unpaired) electrons. The Labute approximate surface area is 181 Å². The SMILES string of the molecule is Cn1c(=O)n(C2CCC(=O)NC2=O)c2ccc(CCCOCCCOCCCN)cc21. The van der Waals surface area contributed by atoms with E-state index in [-0.39, 0.29) is 18.0 Å². The highest BCUT2D eigenvalue weighted by molar-refractivity contribution is 6.00. The zero-order chi connectivity index (χ0) is 22.2. The van der Waals surface area contributed by atoms with Crippen LogP contribution in [0.4, 0.5) is 0 Å². The lowest BCUT2D eigenvalue weighted by Crippen LogP contribution is -2.44. The molecular formula is C22H32N4O5. The molecule has 1 unspecified atom stereocenters. The summed E-state index contributed by atoms with van der Waals surface area (Å²) in [7, 11) is 1.70. The summed E-state index contributed by atoms with van der Waals surface area (Å²) >= 11 is 0. The van der Waals surface area contributed by atoms with Crippen molar-refractivity contribution >= 4 is 22.8 Å². The molecule has 0 spiro atoms. The lowest BCUT2D eigenvalue weighted by atomic mass is 10.1. The molecule has 2 heterocycles. The van der Waals surface area contributed by atoms with E-state index in [1.54, 1.807) is 11.6 Å². The van der Waals surface area contributed by atoms with Gasteiger partial charge in [-0.05, 0) is 56.3 Å². The monoisotopic (exact) mass is 432 g/mol. The third kappa shape index (κ3) is 5.81. The third-order valence-electron chi connectivity index (χ3n) is 5.50. The van der Waals surface area contributed by atoms with Gasteiger partial charge in [-0.25, -0.2) is 4.79 Å². The van der Waals surface area contributed by atoms with Crippen LogP contribution >= 0.6 is 0 Å². The second-order valence-corrected chi connectivity index (χ2v) is 7.83. The van der Waals surface area contributed by atoms with Gasteiger partial charge in [0.15, 0.2) is 0 Å². The number of fused-ring (bicyclic) bond motifs is 1. The molecule has 0 saturated carbocycles. The summed E-state index contributed by atoms with van der Waals surface area (Å²) in [5.74, 6) is -0.713.